The van der Waals surface area contributed by atoms with Crippen molar-refractivity contribution in [3.05, 3.63) is 45.8 Å². The number of amides is 3. The van der Waals surface area contributed by atoms with E-state index in [0.717, 1.165) is 60.9 Å². The van der Waals surface area contributed by atoms with Gasteiger partial charge in [0.1, 0.15) is 5.69 Å². The van der Waals surface area contributed by atoms with Crippen molar-refractivity contribution in [2.75, 3.05) is 40.4 Å². The molecule has 3 atom stereocenters. The zero-order chi connectivity index (χ0) is 31.7. The Morgan fingerprint density at radius 1 is 0.911 bits per heavy atom. The SMILES string of the molecule is COc1cc2cc(c1OC)CCCNC(=O)CCC[C@H]1[C@@H]3C[C@@H](CN(C(=O)c4[nH]c5c(c4C)C(=O)CCC5)C3)CN1C(=O)CC2. The van der Waals surface area contributed by atoms with Crippen molar-refractivity contribution in [2.24, 2.45) is 11.8 Å². The smallest absolute Gasteiger partial charge is 0.270 e. The molecule has 4 bridgehead atoms. The Morgan fingerprint density at radius 3 is 2.53 bits per heavy atom. The second-order valence-corrected chi connectivity index (χ2v) is 13.3. The molecule has 0 radical (unpaired) electrons. The van der Waals surface area contributed by atoms with Crippen molar-refractivity contribution in [2.45, 2.75) is 83.6 Å². The molecule has 2 saturated heterocycles. The normalized spacial score (nSPS) is 24.4. The van der Waals surface area contributed by atoms with Gasteiger partial charge in [-0.1, -0.05) is 6.07 Å². The summed E-state index contributed by atoms with van der Waals surface area (Å²) in [4.78, 5) is 60.5. The Labute approximate surface area is 265 Å². The molecular formula is C35H46N4O6. The van der Waals surface area contributed by atoms with Crippen LogP contribution >= 0.6 is 0 Å². The second kappa shape index (κ2) is 13.3. The number of carbonyl (C=O) groups is 4. The number of benzene rings is 1. The van der Waals surface area contributed by atoms with E-state index in [0.29, 0.717) is 81.0 Å². The number of aromatic nitrogens is 1. The highest BCUT2D eigenvalue weighted by Crippen LogP contribution is 2.38. The standard InChI is InChI=1S/C35H46N4O6/c1-21-32-26(8-4-10-28(32)40)37-33(21)35(43)38-18-23-16-25(20-38)27-9-5-11-30(41)36-14-6-7-24-15-22(12-13-31(42)39(27)19-23)17-29(44-2)34(24)45-3/h15,17,23,25,27,37H,4-14,16,18-20H2,1-3H3,(H,36,41)/t23-,25+,27-/m0/s1. The fraction of sp³-hybridized carbons (Fsp3) is 0.600. The molecule has 0 unspecified atom stereocenters. The van der Waals surface area contributed by atoms with E-state index < -0.39 is 0 Å². The number of likely N-dealkylation sites (tertiary alicyclic amines) is 1. The van der Waals surface area contributed by atoms with Crippen LogP contribution in [0.15, 0.2) is 12.1 Å². The van der Waals surface area contributed by atoms with E-state index in [9.17, 15) is 19.2 Å². The monoisotopic (exact) mass is 618 g/mol. The summed E-state index contributed by atoms with van der Waals surface area (Å²) in [5, 5.41) is 3.06. The molecule has 4 aliphatic rings. The van der Waals surface area contributed by atoms with Gasteiger partial charge in [0.25, 0.3) is 5.91 Å². The number of methoxy groups -OCH3 is 2. The van der Waals surface area contributed by atoms with Gasteiger partial charge in [-0.15, -0.1) is 0 Å². The Hall–Kier alpha value is -3.82. The third-order valence-electron chi connectivity index (χ3n) is 10.3. The van der Waals surface area contributed by atoms with E-state index in [1.807, 2.05) is 17.9 Å². The van der Waals surface area contributed by atoms with Crippen LogP contribution in [0.2, 0.25) is 0 Å². The molecule has 3 aliphatic heterocycles. The van der Waals surface area contributed by atoms with Crippen molar-refractivity contribution in [3.63, 3.8) is 0 Å². The fourth-order valence-corrected chi connectivity index (χ4v) is 8.21. The van der Waals surface area contributed by atoms with Crippen molar-refractivity contribution >= 4 is 23.5 Å². The lowest BCUT2D eigenvalue weighted by molar-refractivity contribution is -0.140. The van der Waals surface area contributed by atoms with Gasteiger partial charge >= 0.3 is 0 Å². The van der Waals surface area contributed by atoms with Gasteiger partial charge < -0.3 is 29.6 Å². The number of ketones is 1. The summed E-state index contributed by atoms with van der Waals surface area (Å²) in [6.45, 7) is 4.21. The number of nitrogens with one attached hydrogen (secondary N) is 2. The number of ether oxygens (including phenoxy) is 2. The number of nitrogens with zero attached hydrogens (tertiary/aromatic N) is 2. The van der Waals surface area contributed by atoms with Crippen molar-refractivity contribution in [3.8, 4) is 11.5 Å². The summed E-state index contributed by atoms with van der Waals surface area (Å²) in [5.41, 5.74) is 4.93. The maximum absolute atomic E-state index is 13.9. The van der Waals surface area contributed by atoms with Crippen LogP contribution < -0.4 is 14.8 Å². The van der Waals surface area contributed by atoms with Gasteiger partial charge in [-0.3, -0.25) is 19.2 Å². The number of aryl methyl sites for hydroxylation is 3. The number of carbonyl (C=O) groups excluding carboxylic acids is 4. The molecule has 4 heterocycles. The predicted octanol–water partition coefficient (Wildman–Crippen LogP) is 4.01. The minimum Gasteiger partial charge on any atom is -0.493 e. The molecule has 2 aromatic rings. The molecule has 0 spiro atoms. The van der Waals surface area contributed by atoms with E-state index in [2.05, 4.69) is 21.3 Å². The molecule has 6 rings (SSSR count). The van der Waals surface area contributed by atoms with E-state index in [1.165, 1.54) is 0 Å². The van der Waals surface area contributed by atoms with Gasteiger partial charge in [0, 0.05) is 62.7 Å². The van der Waals surface area contributed by atoms with E-state index >= 15 is 0 Å². The molecule has 0 saturated carbocycles. The number of H-pyrrole nitrogens is 1. The Balaban J connectivity index is 1.23. The van der Waals surface area contributed by atoms with Gasteiger partial charge in [-0.05, 0) is 92.9 Å². The molecule has 2 fully saturated rings. The third-order valence-corrected chi connectivity index (χ3v) is 10.3. The lowest BCUT2D eigenvalue weighted by Crippen LogP contribution is -2.60. The van der Waals surface area contributed by atoms with Crippen LogP contribution in [0.4, 0.5) is 0 Å². The zero-order valence-corrected chi connectivity index (χ0v) is 26.8. The molecular weight excluding hydrogens is 572 g/mol. The number of fused-ring (bicyclic) bond motifs is 7. The highest BCUT2D eigenvalue weighted by atomic mass is 16.5. The van der Waals surface area contributed by atoms with E-state index in [-0.39, 0.29) is 41.4 Å². The van der Waals surface area contributed by atoms with Gasteiger partial charge in [0.15, 0.2) is 17.3 Å². The van der Waals surface area contributed by atoms with Crippen molar-refractivity contribution in [1.29, 1.82) is 0 Å². The van der Waals surface area contributed by atoms with Gasteiger partial charge in [0.05, 0.1) is 14.2 Å². The van der Waals surface area contributed by atoms with Crippen LogP contribution in [0.1, 0.15) is 94.6 Å². The summed E-state index contributed by atoms with van der Waals surface area (Å²) >= 11 is 0. The molecule has 1 aliphatic carbocycles. The molecule has 1 aromatic carbocycles. The van der Waals surface area contributed by atoms with Crippen LogP contribution in [-0.4, -0.2) is 84.7 Å². The number of rotatable bonds is 3. The summed E-state index contributed by atoms with van der Waals surface area (Å²) in [6.07, 6.45) is 7.40. The highest BCUT2D eigenvalue weighted by molar-refractivity contribution is 6.04. The quantitative estimate of drug-likeness (QED) is 0.536. The largest absolute Gasteiger partial charge is 0.493 e. The topological polar surface area (TPSA) is 121 Å². The van der Waals surface area contributed by atoms with Crippen molar-refractivity contribution in [1.82, 2.24) is 20.1 Å². The summed E-state index contributed by atoms with van der Waals surface area (Å²) in [5.74, 6) is 1.87. The first-order valence-electron chi connectivity index (χ1n) is 16.6. The van der Waals surface area contributed by atoms with E-state index in [1.54, 1.807) is 14.2 Å². The van der Waals surface area contributed by atoms with Crippen LogP contribution in [0.25, 0.3) is 0 Å². The summed E-state index contributed by atoms with van der Waals surface area (Å²) in [7, 11) is 3.26. The average molecular weight is 619 g/mol. The van der Waals surface area contributed by atoms with Gasteiger partial charge in [-0.2, -0.15) is 0 Å². The minimum atomic E-state index is -0.0546. The number of hydrogen-bond acceptors (Lipinski definition) is 6. The Kier molecular flexibility index (Phi) is 9.19. The van der Waals surface area contributed by atoms with Crippen LogP contribution in [0.5, 0.6) is 11.5 Å². The molecule has 3 amide bonds. The second-order valence-electron chi connectivity index (χ2n) is 13.3. The van der Waals surface area contributed by atoms with E-state index in [4.69, 9.17) is 9.47 Å². The molecule has 45 heavy (non-hydrogen) atoms. The van der Waals surface area contributed by atoms with Crippen LogP contribution in [-0.2, 0) is 28.9 Å². The summed E-state index contributed by atoms with van der Waals surface area (Å²) < 4.78 is 11.3. The third kappa shape index (κ3) is 6.33. The number of Topliss-reactive ketones (excluding diaryl/α,β-unsaturated/α-hetero) is 1. The maximum atomic E-state index is 13.9. The Bertz CT molecular complexity index is 1480. The maximum Gasteiger partial charge on any atom is 0.270 e. The first-order valence-corrected chi connectivity index (χ1v) is 16.6. The zero-order valence-electron chi connectivity index (χ0n) is 26.8. The molecule has 10 heteroatoms. The number of hydrogen-bond donors (Lipinski definition) is 2. The van der Waals surface area contributed by atoms with Gasteiger partial charge in [-0.25, -0.2) is 0 Å². The molecule has 1 aromatic heterocycles. The Morgan fingerprint density at radius 2 is 1.76 bits per heavy atom. The molecule has 2 N–H and O–H groups in total. The number of aromatic amines is 1. The first-order chi connectivity index (χ1) is 21.8. The molecule has 10 nitrogen and oxygen atoms in total. The lowest BCUT2D eigenvalue weighted by Gasteiger charge is -2.51. The minimum absolute atomic E-state index is 0.0214. The van der Waals surface area contributed by atoms with Crippen LogP contribution in [0, 0.1) is 18.8 Å². The molecule has 242 valence electrons. The van der Waals surface area contributed by atoms with Gasteiger partial charge in [0.2, 0.25) is 11.8 Å². The van der Waals surface area contributed by atoms with Crippen molar-refractivity contribution < 1.29 is 28.7 Å². The number of piperidine rings is 2. The highest BCUT2D eigenvalue weighted by Gasteiger charge is 2.44. The van der Waals surface area contributed by atoms with Crippen LogP contribution in [0.3, 0.4) is 0 Å². The fourth-order valence-electron chi connectivity index (χ4n) is 8.21. The first kappa shape index (κ1) is 31.2. The average Bonchev–Trinajstić information content (AvgIpc) is 3.38. The predicted molar refractivity (Wildman–Crippen MR) is 169 cm³/mol. The lowest BCUT2D eigenvalue weighted by atomic mass is 9.77. The summed E-state index contributed by atoms with van der Waals surface area (Å²) in [6, 6.07) is 4.02.